The van der Waals surface area contributed by atoms with E-state index in [9.17, 15) is 14.7 Å². The molecule has 2 aromatic rings. The molecule has 1 heterocycles. The normalized spacial score (nSPS) is 14.4. The smallest absolute Gasteiger partial charge is 0.339 e. The molecule has 1 aromatic heterocycles. The quantitative estimate of drug-likeness (QED) is 0.0602. The average molecular weight is 796 g/mol. The minimum atomic E-state index is -2.04. The van der Waals surface area contributed by atoms with E-state index in [0.717, 1.165) is 0 Å². The van der Waals surface area contributed by atoms with Gasteiger partial charge in [-0.2, -0.15) is 16.7 Å². The summed E-state index contributed by atoms with van der Waals surface area (Å²) in [6, 6.07) is -0.639. The molecular formula is C38H65N3O9SSi2. The molecule has 0 aliphatic carbocycles. The zero-order chi connectivity index (χ0) is 40.3. The molecule has 0 fully saturated rings. The number of nitrogens with one attached hydrogen (secondary N) is 1. The largest absolute Gasteiger partial charge is 0.543 e. The van der Waals surface area contributed by atoms with Crippen LogP contribution in [0.1, 0.15) is 114 Å². The zero-order valence-electron chi connectivity index (χ0n) is 34.3. The van der Waals surface area contributed by atoms with Crippen molar-refractivity contribution in [3.8, 4) is 17.2 Å². The number of nitrogens with zero attached hydrogens (tertiary/aromatic N) is 2. The lowest BCUT2D eigenvalue weighted by atomic mass is 9.99. The van der Waals surface area contributed by atoms with Gasteiger partial charge < -0.3 is 38.4 Å². The highest BCUT2D eigenvalue weighted by atomic mass is 32.2. The second kappa shape index (κ2) is 20.7. The van der Waals surface area contributed by atoms with Crippen molar-refractivity contribution >= 4 is 41.7 Å². The number of hydrogen-bond donors (Lipinski definition) is 3. The van der Waals surface area contributed by atoms with Crippen LogP contribution in [0.25, 0.3) is 0 Å². The summed E-state index contributed by atoms with van der Waals surface area (Å²) in [6.45, 7) is 29.0. The van der Waals surface area contributed by atoms with Crippen LogP contribution in [-0.2, 0) is 15.3 Å². The fraction of sp³-hybridized carbons (Fsp3) is 0.684. The van der Waals surface area contributed by atoms with Crippen molar-refractivity contribution in [2.75, 3.05) is 26.1 Å². The van der Waals surface area contributed by atoms with Crippen LogP contribution in [-0.4, -0.2) is 82.5 Å². The molecule has 3 N–H and O–H groups in total. The van der Waals surface area contributed by atoms with E-state index in [0.29, 0.717) is 75.9 Å². The number of esters is 1. The Labute approximate surface area is 324 Å². The van der Waals surface area contributed by atoms with Gasteiger partial charge in [0.1, 0.15) is 12.6 Å². The van der Waals surface area contributed by atoms with Crippen LogP contribution in [0.2, 0.25) is 23.2 Å². The van der Waals surface area contributed by atoms with E-state index in [1.54, 1.807) is 14.0 Å². The molecule has 0 spiro atoms. The third-order valence-corrected chi connectivity index (χ3v) is 18.7. The van der Waals surface area contributed by atoms with Crippen LogP contribution in [0.3, 0.4) is 0 Å². The molecule has 2 unspecified atom stereocenters. The van der Waals surface area contributed by atoms with Gasteiger partial charge in [-0.15, -0.1) is 0 Å². The van der Waals surface area contributed by atoms with Gasteiger partial charge >= 0.3 is 5.97 Å². The molecular weight excluding hydrogens is 731 g/mol. The van der Waals surface area contributed by atoms with Crippen molar-refractivity contribution in [2.45, 2.75) is 130 Å². The predicted molar refractivity (Wildman–Crippen MR) is 216 cm³/mol. The Bertz CT molecular complexity index is 1520. The van der Waals surface area contributed by atoms with E-state index in [1.807, 2.05) is 6.92 Å². The number of aliphatic hydroxyl groups excluding tert-OH is 2. The predicted octanol–water partition coefficient (Wildman–Crippen LogP) is 6.99. The molecule has 0 bridgehead atoms. The first kappa shape index (κ1) is 46.3. The first-order valence-electron chi connectivity index (χ1n) is 18.5. The minimum absolute atomic E-state index is 0.0274. The fourth-order valence-electron chi connectivity index (χ4n) is 5.32. The molecule has 0 radical (unpaired) electrons. The summed E-state index contributed by atoms with van der Waals surface area (Å²) in [5.74, 6) is 2.66. The number of ether oxygens (including phenoxy) is 2. The molecule has 0 aliphatic heterocycles. The Morgan fingerprint density at radius 1 is 1.02 bits per heavy atom. The number of benzene rings is 1. The van der Waals surface area contributed by atoms with Gasteiger partial charge in [-0.25, -0.2) is 4.79 Å². The summed E-state index contributed by atoms with van der Waals surface area (Å²) in [5.41, 5.74) is 1.56. The maximum absolute atomic E-state index is 13.9. The number of thioether (sulfide) groups is 1. The maximum Gasteiger partial charge on any atom is 0.339 e. The van der Waals surface area contributed by atoms with Crippen LogP contribution in [0, 0.1) is 25.7 Å². The van der Waals surface area contributed by atoms with Gasteiger partial charge in [0.15, 0.2) is 23.1 Å². The Hall–Kier alpha value is -2.86. The van der Waals surface area contributed by atoms with Crippen LogP contribution >= 0.6 is 11.8 Å². The third-order valence-electron chi connectivity index (χ3n) is 11.0. The second-order valence-electron chi connectivity index (χ2n) is 15.6. The first-order valence-corrected chi connectivity index (χ1v) is 24.1. The summed E-state index contributed by atoms with van der Waals surface area (Å²) in [6.07, 6.45) is 1.48. The van der Waals surface area contributed by atoms with Crippen LogP contribution in [0.4, 0.5) is 0 Å². The zero-order valence-corrected chi connectivity index (χ0v) is 37.4. The molecule has 2 rings (SSSR count). The molecule has 1 amide bonds. The van der Waals surface area contributed by atoms with E-state index in [-0.39, 0.29) is 41.5 Å². The number of hydrogen-bond acceptors (Lipinski definition) is 12. The molecule has 12 nitrogen and oxygen atoms in total. The van der Waals surface area contributed by atoms with E-state index in [4.69, 9.17) is 28.0 Å². The molecule has 1 aromatic carbocycles. The van der Waals surface area contributed by atoms with Gasteiger partial charge in [0, 0.05) is 29.1 Å². The van der Waals surface area contributed by atoms with Gasteiger partial charge in [-0.3, -0.25) is 4.79 Å². The molecule has 53 heavy (non-hydrogen) atoms. The van der Waals surface area contributed by atoms with Gasteiger partial charge in [0.05, 0.1) is 25.4 Å². The molecule has 0 saturated heterocycles. The number of carbonyl (C=O) groups is 2. The van der Waals surface area contributed by atoms with E-state index < -0.39 is 36.2 Å². The van der Waals surface area contributed by atoms with Crippen LogP contribution in [0.5, 0.6) is 17.2 Å². The highest BCUT2D eigenvalue weighted by Crippen LogP contribution is 2.51. The number of amides is 1. The SMILES string of the molecule is C=CCOC(=O)c1c(C)c(OC)c(O[SiH](C)C(C)(C)C(C)C)c(O[SiH](C)C(C)(C)C(C)C)c1CSC[C@@H](NC(=O)CCC[C@@H](O)CO)c1nc(C)no1. The lowest BCUT2D eigenvalue weighted by Crippen LogP contribution is -2.37. The van der Waals surface area contributed by atoms with Crippen molar-refractivity contribution in [3.05, 3.63) is 41.1 Å². The Balaban J connectivity index is 2.75. The number of aromatic nitrogens is 2. The topological polar surface area (TPSA) is 162 Å². The molecule has 0 saturated carbocycles. The first-order chi connectivity index (χ1) is 24.7. The van der Waals surface area contributed by atoms with Crippen molar-refractivity contribution in [1.29, 1.82) is 0 Å². The van der Waals surface area contributed by atoms with Crippen molar-refractivity contribution in [3.63, 3.8) is 0 Å². The van der Waals surface area contributed by atoms with E-state index in [2.05, 4.69) is 90.5 Å². The van der Waals surface area contributed by atoms with E-state index >= 15 is 0 Å². The lowest BCUT2D eigenvalue weighted by molar-refractivity contribution is -0.122. The lowest BCUT2D eigenvalue weighted by Gasteiger charge is -2.38. The number of aryl methyl sites for hydroxylation is 1. The standard InChI is InChI=1S/C38H65N3O9SSi2/c1-15-19-47-36(45)31-25(6)32(46-12)34(50-53(14)38(10,11)24(4)5)33(49-52(13)37(8,9)23(2)3)28(31)21-51-22-29(35-39-26(7)41-48-35)40-30(44)18-16-17-27(43)20-42/h15,23-24,27,29,42-43,52-53H,1,16-22H2,2-14H3,(H,40,44)/t27-,29-,52?,53?/m1/s1. The Morgan fingerprint density at radius 3 is 2.09 bits per heavy atom. The molecule has 300 valence electrons. The summed E-state index contributed by atoms with van der Waals surface area (Å²) < 4.78 is 31.4. The van der Waals surface area contributed by atoms with Crippen molar-refractivity contribution in [1.82, 2.24) is 15.5 Å². The highest BCUT2D eigenvalue weighted by molar-refractivity contribution is 7.98. The summed E-state index contributed by atoms with van der Waals surface area (Å²) in [7, 11) is -2.44. The monoisotopic (exact) mass is 795 g/mol. The molecule has 15 heteroatoms. The number of rotatable bonds is 23. The second-order valence-corrected chi connectivity index (χ2v) is 22.6. The Morgan fingerprint density at radius 2 is 1.60 bits per heavy atom. The average Bonchev–Trinajstić information content (AvgIpc) is 3.53. The number of methoxy groups -OCH3 is 1. The van der Waals surface area contributed by atoms with E-state index in [1.165, 1.54) is 17.8 Å². The van der Waals surface area contributed by atoms with Gasteiger partial charge in [0.25, 0.3) is 0 Å². The fourth-order valence-corrected chi connectivity index (χ4v) is 10.0. The summed E-state index contributed by atoms with van der Waals surface area (Å²) in [4.78, 5) is 31.4. The maximum atomic E-state index is 13.9. The minimum Gasteiger partial charge on any atom is -0.543 e. The van der Waals surface area contributed by atoms with Crippen molar-refractivity contribution in [2.24, 2.45) is 11.8 Å². The summed E-state index contributed by atoms with van der Waals surface area (Å²) in [5, 5.41) is 25.6. The van der Waals surface area contributed by atoms with Crippen molar-refractivity contribution < 1.29 is 42.7 Å². The molecule has 0 aliphatic rings. The number of aliphatic hydroxyl groups is 2. The van der Waals surface area contributed by atoms with Crippen LogP contribution in [0.15, 0.2) is 17.2 Å². The number of carbonyl (C=O) groups excluding carboxylic acids is 2. The van der Waals surface area contributed by atoms with Gasteiger partial charge in [-0.05, 0) is 61.7 Å². The molecule has 4 atom stereocenters. The Kier molecular flexibility index (Phi) is 18.1. The third kappa shape index (κ3) is 12.3. The highest BCUT2D eigenvalue weighted by Gasteiger charge is 2.39. The summed E-state index contributed by atoms with van der Waals surface area (Å²) >= 11 is 1.47. The van der Waals surface area contributed by atoms with Gasteiger partial charge in [0.2, 0.25) is 29.9 Å². The van der Waals surface area contributed by atoms with Crippen LogP contribution < -0.4 is 18.9 Å². The van der Waals surface area contributed by atoms with Gasteiger partial charge in [-0.1, -0.05) is 73.2 Å².